The van der Waals surface area contributed by atoms with Crippen molar-refractivity contribution in [2.45, 2.75) is 30.7 Å². The summed E-state index contributed by atoms with van der Waals surface area (Å²) in [4.78, 5) is 4.94. The Balaban J connectivity index is 0.00000162. The second-order valence-corrected chi connectivity index (χ2v) is 5.26. The molecule has 0 saturated heterocycles. The van der Waals surface area contributed by atoms with Gasteiger partial charge in [0.25, 0.3) is 0 Å². The van der Waals surface area contributed by atoms with E-state index >= 15 is 0 Å². The van der Waals surface area contributed by atoms with E-state index in [9.17, 15) is 0 Å². The summed E-state index contributed by atoms with van der Waals surface area (Å²) in [7, 11) is 0. The van der Waals surface area contributed by atoms with Gasteiger partial charge in [-0.3, -0.25) is 4.84 Å². The molecule has 18 heavy (non-hydrogen) atoms. The number of halogens is 3. The number of benzene rings is 1. The first-order valence-corrected chi connectivity index (χ1v) is 6.51. The van der Waals surface area contributed by atoms with E-state index in [1.165, 1.54) is 0 Å². The maximum atomic E-state index is 6.48. The zero-order valence-electron chi connectivity index (χ0n) is 10.1. The van der Waals surface area contributed by atoms with Crippen LogP contribution in [0.3, 0.4) is 0 Å². The van der Waals surface area contributed by atoms with Crippen LogP contribution >= 0.6 is 35.6 Å². The molecule has 1 aliphatic rings. The highest BCUT2D eigenvalue weighted by Crippen LogP contribution is 2.55. The molecule has 2 atom stereocenters. The summed E-state index contributed by atoms with van der Waals surface area (Å²) in [6, 6.07) is 7.62. The first kappa shape index (κ1) is 16.0. The first-order valence-electron chi connectivity index (χ1n) is 5.76. The van der Waals surface area contributed by atoms with Crippen molar-refractivity contribution in [1.82, 2.24) is 11.0 Å². The molecule has 0 aromatic heterocycles. The Morgan fingerprint density at radius 2 is 2.17 bits per heavy atom. The van der Waals surface area contributed by atoms with Gasteiger partial charge >= 0.3 is 0 Å². The van der Waals surface area contributed by atoms with E-state index in [0.717, 1.165) is 24.9 Å². The molecule has 1 aromatic rings. The lowest BCUT2D eigenvalue weighted by Crippen LogP contribution is -2.34. The Bertz CT molecular complexity index is 391. The molecule has 6 heteroatoms. The summed E-state index contributed by atoms with van der Waals surface area (Å²) in [5.74, 6) is 0. The van der Waals surface area contributed by atoms with Crippen LogP contribution in [-0.2, 0) is 9.71 Å². The fourth-order valence-corrected chi connectivity index (χ4v) is 2.42. The molecule has 1 saturated carbocycles. The molecule has 1 fully saturated rings. The highest BCUT2D eigenvalue weighted by molar-refractivity contribution is 6.34. The molecule has 0 amide bonds. The lowest BCUT2D eigenvalue weighted by atomic mass is 10.1. The van der Waals surface area contributed by atoms with E-state index in [1.807, 2.05) is 24.3 Å². The molecule has 0 heterocycles. The maximum Gasteiger partial charge on any atom is 0.106 e. The molecular weight excluding hydrogens is 295 g/mol. The van der Waals surface area contributed by atoms with Gasteiger partial charge in [0.2, 0.25) is 0 Å². The highest BCUT2D eigenvalue weighted by atomic mass is 35.5. The smallest absolute Gasteiger partial charge is 0.106 e. The SMILES string of the molecule is CCCNNOC1CC1(Cl)c1ccccc1Cl.Cl. The zero-order valence-corrected chi connectivity index (χ0v) is 12.4. The Morgan fingerprint density at radius 3 is 2.83 bits per heavy atom. The van der Waals surface area contributed by atoms with Gasteiger partial charge < -0.3 is 0 Å². The lowest BCUT2D eigenvalue weighted by Gasteiger charge is -2.12. The first-order chi connectivity index (χ1) is 8.18. The van der Waals surface area contributed by atoms with Crippen molar-refractivity contribution in [2.75, 3.05) is 6.54 Å². The molecule has 0 bridgehead atoms. The van der Waals surface area contributed by atoms with Crippen molar-refractivity contribution in [2.24, 2.45) is 0 Å². The second kappa shape index (κ2) is 6.94. The largest absolute Gasteiger partial charge is 0.281 e. The molecular formula is C12H17Cl3N2O. The zero-order chi connectivity index (χ0) is 12.3. The van der Waals surface area contributed by atoms with Crippen LogP contribution in [0.15, 0.2) is 24.3 Å². The number of nitrogens with one attached hydrogen (secondary N) is 2. The average molecular weight is 312 g/mol. The van der Waals surface area contributed by atoms with E-state index in [4.69, 9.17) is 28.0 Å². The number of hydrogen-bond acceptors (Lipinski definition) is 3. The van der Waals surface area contributed by atoms with Crippen molar-refractivity contribution in [3.63, 3.8) is 0 Å². The molecule has 0 radical (unpaired) electrons. The number of hydrazine groups is 1. The fraction of sp³-hybridized carbons (Fsp3) is 0.500. The number of hydrogen-bond donors (Lipinski definition) is 2. The fourth-order valence-electron chi connectivity index (χ4n) is 1.72. The topological polar surface area (TPSA) is 33.3 Å². The third kappa shape index (κ3) is 3.50. The summed E-state index contributed by atoms with van der Waals surface area (Å²) >= 11 is 12.6. The molecule has 2 N–H and O–H groups in total. The van der Waals surface area contributed by atoms with Crippen LogP contribution in [0.5, 0.6) is 0 Å². The van der Waals surface area contributed by atoms with E-state index in [0.29, 0.717) is 5.02 Å². The van der Waals surface area contributed by atoms with Crippen LogP contribution in [0.2, 0.25) is 5.02 Å². The average Bonchev–Trinajstić information content (AvgIpc) is 2.98. The van der Waals surface area contributed by atoms with Crippen LogP contribution in [0.4, 0.5) is 0 Å². The van der Waals surface area contributed by atoms with E-state index in [2.05, 4.69) is 17.9 Å². The lowest BCUT2D eigenvalue weighted by molar-refractivity contribution is -0.00684. The summed E-state index contributed by atoms with van der Waals surface area (Å²) < 4.78 is 0. The predicted molar refractivity (Wildman–Crippen MR) is 77.2 cm³/mol. The number of alkyl halides is 1. The van der Waals surface area contributed by atoms with Gasteiger partial charge in [0.1, 0.15) is 11.0 Å². The minimum absolute atomic E-state index is 0. The summed E-state index contributed by atoms with van der Waals surface area (Å²) in [6.07, 6.45) is 1.75. The standard InChI is InChI=1S/C12H16Cl2N2O.ClH/c1-2-7-15-16-17-11-8-12(11,14)9-5-3-4-6-10(9)13;/h3-6,11,15-16H,2,7-8H2,1H3;1H. The Kier molecular flexibility index (Phi) is 6.18. The minimum Gasteiger partial charge on any atom is -0.281 e. The van der Waals surface area contributed by atoms with Gasteiger partial charge in [-0.05, 0) is 18.1 Å². The molecule has 1 aromatic carbocycles. The molecule has 0 spiro atoms. The maximum absolute atomic E-state index is 6.48. The molecule has 2 unspecified atom stereocenters. The van der Waals surface area contributed by atoms with Crippen molar-refractivity contribution in [3.05, 3.63) is 34.9 Å². The monoisotopic (exact) mass is 310 g/mol. The van der Waals surface area contributed by atoms with Crippen LogP contribution in [0, 0.1) is 0 Å². The van der Waals surface area contributed by atoms with E-state index < -0.39 is 4.87 Å². The van der Waals surface area contributed by atoms with Crippen LogP contribution < -0.4 is 11.0 Å². The Hall–Kier alpha value is -0.0300. The normalized spacial score (nSPS) is 25.6. The quantitative estimate of drug-likeness (QED) is 0.480. The Labute approximate surface area is 124 Å². The summed E-state index contributed by atoms with van der Waals surface area (Å²) in [5.41, 5.74) is 6.60. The third-order valence-corrected chi connectivity index (χ3v) is 3.73. The van der Waals surface area contributed by atoms with Crippen molar-refractivity contribution in [3.8, 4) is 0 Å². The molecule has 1 aliphatic carbocycles. The highest BCUT2D eigenvalue weighted by Gasteiger charge is 2.57. The van der Waals surface area contributed by atoms with E-state index in [-0.39, 0.29) is 18.5 Å². The van der Waals surface area contributed by atoms with Gasteiger partial charge in [-0.2, -0.15) is 0 Å². The van der Waals surface area contributed by atoms with Gasteiger partial charge in [0, 0.05) is 18.0 Å². The van der Waals surface area contributed by atoms with Gasteiger partial charge in [-0.1, -0.05) is 36.7 Å². The van der Waals surface area contributed by atoms with Crippen LogP contribution in [0.25, 0.3) is 0 Å². The predicted octanol–water partition coefficient (Wildman–Crippen LogP) is 3.40. The molecule has 2 rings (SSSR count). The minimum atomic E-state index is -0.487. The van der Waals surface area contributed by atoms with Crippen LogP contribution in [0.1, 0.15) is 25.3 Å². The van der Waals surface area contributed by atoms with Gasteiger partial charge in [0.05, 0.1) is 0 Å². The number of rotatable bonds is 6. The van der Waals surface area contributed by atoms with Crippen LogP contribution in [-0.4, -0.2) is 12.6 Å². The Morgan fingerprint density at radius 1 is 1.44 bits per heavy atom. The van der Waals surface area contributed by atoms with Crippen molar-refractivity contribution in [1.29, 1.82) is 0 Å². The van der Waals surface area contributed by atoms with Gasteiger partial charge in [0.15, 0.2) is 0 Å². The third-order valence-electron chi connectivity index (χ3n) is 2.80. The summed E-state index contributed by atoms with van der Waals surface area (Å²) in [5, 5.41) is 0.690. The molecule has 0 aliphatic heterocycles. The summed E-state index contributed by atoms with van der Waals surface area (Å²) in [6.45, 7) is 2.94. The van der Waals surface area contributed by atoms with Crippen molar-refractivity contribution >= 4 is 35.6 Å². The van der Waals surface area contributed by atoms with Gasteiger partial charge in [-0.15, -0.1) is 29.6 Å². The molecule has 3 nitrogen and oxygen atoms in total. The van der Waals surface area contributed by atoms with Crippen molar-refractivity contribution < 1.29 is 4.84 Å². The second-order valence-electron chi connectivity index (χ2n) is 4.18. The molecule has 102 valence electrons. The van der Waals surface area contributed by atoms with Gasteiger partial charge in [-0.25, -0.2) is 5.43 Å². The van der Waals surface area contributed by atoms with E-state index in [1.54, 1.807) is 0 Å².